The van der Waals surface area contributed by atoms with Gasteiger partial charge in [-0.25, -0.2) is 4.98 Å². The van der Waals surface area contributed by atoms with Crippen LogP contribution in [0.5, 0.6) is 0 Å². The second-order valence-corrected chi connectivity index (χ2v) is 5.16. The predicted molar refractivity (Wildman–Crippen MR) is 66.0 cm³/mol. The second-order valence-electron chi connectivity index (χ2n) is 3.49. The van der Waals surface area contributed by atoms with Crippen molar-refractivity contribution in [2.45, 2.75) is 19.8 Å². The summed E-state index contributed by atoms with van der Waals surface area (Å²) in [6.07, 6.45) is 3.21. The van der Waals surface area contributed by atoms with Gasteiger partial charge in [0.2, 0.25) is 5.91 Å². The highest BCUT2D eigenvalue weighted by Crippen LogP contribution is 2.23. The van der Waals surface area contributed by atoms with E-state index in [0.29, 0.717) is 16.1 Å². The number of anilines is 1. The number of hydrogen-bond donors (Lipinski definition) is 1. The number of nitrogens with one attached hydrogen (secondary N) is 1. The average molecular weight is 263 g/mol. The van der Waals surface area contributed by atoms with E-state index in [1.807, 2.05) is 6.92 Å². The standard InChI is InChI=1S/C10H15ClN2O2S/c1-7(4-3-5-15-2)9(14)13-10-12-6-8(11)16-10/h6-7H,3-5H2,1-2H3,(H,12,13,14). The lowest BCUT2D eigenvalue weighted by molar-refractivity contribution is -0.119. The van der Waals surface area contributed by atoms with Gasteiger partial charge < -0.3 is 10.1 Å². The zero-order chi connectivity index (χ0) is 12.0. The fourth-order valence-corrected chi connectivity index (χ4v) is 2.02. The number of ether oxygens (including phenoxy) is 1. The van der Waals surface area contributed by atoms with Crippen molar-refractivity contribution in [1.82, 2.24) is 4.98 Å². The molecule has 1 aromatic rings. The van der Waals surface area contributed by atoms with Crippen LogP contribution < -0.4 is 5.32 Å². The number of halogens is 1. The molecule has 1 aromatic heterocycles. The summed E-state index contributed by atoms with van der Waals surface area (Å²) in [5.41, 5.74) is 0. The van der Waals surface area contributed by atoms with Crippen molar-refractivity contribution in [3.05, 3.63) is 10.5 Å². The lowest BCUT2D eigenvalue weighted by atomic mass is 10.1. The Morgan fingerprint density at radius 3 is 3.06 bits per heavy atom. The molecule has 1 atom stereocenters. The van der Waals surface area contributed by atoms with Gasteiger partial charge in [-0.05, 0) is 12.8 Å². The first-order chi connectivity index (χ1) is 7.63. The number of carbonyl (C=O) groups is 1. The monoisotopic (exact) mass is 262 g/mol. The maximum atomic E-state index is 11.7. The molecule has 0 aliphatic rings. The van der Waals surface area contributed by atoms with Gasteiger partial charge in [-0.2, -0.15) is 0 Å². The van der Waals surface area contributed by atoms with Crippen LogP contribution in [0, 0.1) is 5.92 Å². The van der Waals surface area contributed by atoms with E-state index in [-0.39, 0.29) is 11.8 Å². The van der Waals surface area contributed by atoms with Crippen molar-refractivity contribution < 1.29 is 9.53 Å². The number of carbonyl (C=O) groups excluding carboxylic acids is 1. The van der Waals surface area contributed by atoms with E-state index in [2.05, 4.69) is 10.3 Å². The van der Waals surface area contributed by atoms with Gasteiger partial charge in [0.25, 0.3) is 0 Å². The maximum Gasteiger partial charge on any atom is 0.228 e. The van der Waals surface area contributed by atoms with Crippen molar-refractivity contribution >= 4 is 34.0 Å². The molecule has 0 aromatic carbocycles. The van der Waals surface area contributed by atoms with Crippen LogP contribution in [0.25, 0.3) is 0 Å². The quantitative estimate of drug-likeness (QED) is 0.802. The molecule has 0 radical (unpaired) electrons. The molecule has 0 saturated carbocycles. The molecule has 0 aliphatic carbocycles. The minimum Gasteiger partial charge on any atom is -0.385 e. The fraction of sp³-hybridized carbons (Fsp3) is 0.600. The third kappa shape index (κ3) is 4.47. The first-order valence-electron chi connectivity index (χ1n) is 5.04. The Kier molecular flexibility index (Phi) is 5.73. The number of rotatable bonds is 6. The van der Waals surface area contributed by atoms with Crippen molar-refractivity contribution in [2.24, 2.45) is 5.92 Å². The molecule has 0 saturated heterocycles. The molecule has 4 nitrogen and oxygen atoms in total. The van der Waals surface area contributed by atoms with Crippen LogP contribution in [-0.2, 0) is 9.53 Å². The lowest BCUT2D eigenvalue weighted by Gasteiger charge is -2.09. The van der Waals surface area contributed by atoms with E-state index >= 15 is 0 Å². The van der Waals surface area contributed by atoms with E-state index in [1.165, 1.54) is 17.5 Å². The normalized spacial score (nSPS) is 12.4. The first kappa shape index (κ1) is 13.4. The minimum atomic E-state index is -0.0437. The summed E-state index contributed by atoms with van der Waals surface area (Å²) in [5, 5.41) is 3.28. The Balaban J connectivity index is 2.34. The SMILES string of the molecule is COCCCC(C)C(=O)Nc1ncc(Cl)s1. The molecule has 1 rings (SSSR count). The summed E-state index contributed by atoms with van der Waals surface area (Å²) in [5.74, 6) is -0.0695. The fourth-order valence-electron chi connectivity index (χ4n) is 1.21. The molecule has 90 valence electrons. The van der Waals surface area contributed by atoms with Crippen molar-refractivity contribution in [3.8, 4) is 0 Å². The zero-order valence-corrected chi connectivity index (χ0v) is 10.9. The smallest absolute Gasteiger partial charge is 0.228 e. The third-order valence-corrected chi connectivity index (χ3v) is 3.17. The molecule has 1 unspecified atom stereocenters. The highest BCUT2D eigenvalue weighted by atomic mass is 35.5. The van der Waals surface area contributed by atoms with Gasteiger partial charge in [0, 0.05) is 19.6 Å². The van der Waals surface area contributed by atoms with Gasteiger partial charge in [0.15, 0.2) is 5.13 Å². The largest absolute Gasteiger partial charge is 0.385 e. The Hall–Kier alpha value is -0.650. The Morgan fingerprint density at radius 2 is 2.50 bits per heavy atom. The van der Waals surface area contributed by atoms with Crippen molar-refractivity contribution in [3.63, 3.8) is 0 Å². The Bertz CT molecular complexity index is 343. The number of aromatic nitrogens is 1. The molecule has 0 fully saturated rings. The van der Waals surface area contributed by atoms with Gasteiger partial charge in [0.1, 0.15) is 4.34 Å². The molecular weight excluding hydrogens is 248 g/mol. The zero-order valence-electron chi connectivity index (χ0n) is 9.33. The number of thiazole rings is 1. The maximum absolute atomic E-state index is 11.7. The number of hydrogen-bond acceptors (Lipinski definition) is 4. The summed E-state index contributed by atoms with van der Waals surface area (Å²) >= 11 is 6.97. The van der Waals surface area contributed by atoms with Crippen LogP contribution in [-0.4, -0.2) is 24.6 Å². The van der Waals surface area contributed by atoms with Crippen LogP contribution >= 0.6 is 22.9 Å². The van der Waals surface area contributed by atoms with Crippen LogP contribution in [0.1, 0.15) is 19.8 Å². The van der Waals surface area contributed by atoms with Gasteiger partial charge in [-0.1, -0.05) is 29.9 Å². The Labute approximate surface area is 104 Å². The molecule has 1 N–H and O–H groups in total. The van der Waals surface area contributed by atoms with Crippen LogP contribution in [0.2, 0.25) is 4.34 Å². The number of methoxy groups -OCH3 is 1. The van der Waals surface area contributed by atoms with E-state index in [9.17, 15) is 4.79 Å². The van der Waals surface area contributed by atoms with Crippen molar-refractivity contribution in [2.75, 3.05) is 19.0 Å². The van der Waals surface area contributed by atoms with Crippen LogP contribution in [0.15, 0.2) is 6.20 Å². The summed E-state index contributed by atoms with van der Waals surface area (Å²) in [4.78, 5) is 15.7. The summed E-state index contributed by atoms with van der Waals surface area (Å²) < 4.78 is 5.51. The lowest BCUT2D eigenvalue weighted by Crippen LogP contribution is -2.20. The van der Waals surface area contributed by atoms with Gasteiger partial charge in [-0.3, -0.25) is 4.79 Å². The Morgan fingerprint density at radius 1 is 1.75 bits per heavy atom. The highest BCUT2D eigenvalue weighted by Gasteiger charge is 2.13. The topological polar surface area (TPSA) is 51.2 Å². The molecule has 1 heterocycles. The van der Waals surface area contributed by atoms with Crippen molar-refractivity contribution in [1.29, 1.82) is 0 Å². The molecular formula is C10H15ClN2O2S. The molecule has 0 spiro atoms. The summed E-state index contributed by atoms with van der Waals surface area (Å²) in [6.45, 7) is 2.57. The molecule has 0 bridgehead atoms. The highest BCUT2D eigenvalue weighted by molar-refractivity contribution is 7.19. The van der Waals surface area contributed by atoms with Crippen LogP contribution in [0.3, 0.4) is 0 Å². The first-order valence-corrected chi connectivity index (χ1v) is 6.24. The molecule has 6 heteroatoms. The average Bonchev–Trinajstić information content (AvgIpc) is 2.64. The predicted octanol–water partition coefficient (Wildman–Crippen LogP) is 2.80. The van der Waals surface area contributed by atoms with E-state index in [1.54, 1.807) is 7.11 Å². The van der Waals surface area contributed by atoms with E-state index in [4.69, 9.17) is 16.3 Å². The minimum absolute atomic E-state index is 0.0258. The number of nitrogens with zero attached hydrogens (tertiary/aromatic N) is 1. The molecule has 1 amide bonds. The van der Waals surface area contributed by atoms with Gasteiger partial charge in [0.05, 0.1) is 6.20 Å². The number of amides is 1. The third-order valence-electron chi connectivity index (χ3n) is 2.14. The van der Waals surface area contributed by atoms with Gasteiger partial charge in [-0.15, -0.1) is 0 Å². The summed E-state index contributed by atoms with van der Waals surface area (Å²) in [7, 11) is 1.66. The molecule has 0 aliphatic heterocycles. The molecule has 16 heavy (non-hydrogen) atoms. The second kappa shape index (κ2) is 6.83. The van der Waals surface area contributed by atoms with Crippen LogP contribution in [0.4, 0.5) is 5.13 Å². The summed E-state index contributed by atoms with van der Waals surface area (Å²) in [6, 6.07) is 0. The van der Waals surface area contributed by atoms with E-state index < -0.39 is 0 Å². The van der Waals surface area contributed by atoms with Gasteiger partial charge >= 0.3 is 0 Å². The van der Waals surface area contributed by atoms with E-state index in [0.717, 1.165) is 12.8 Å².